The van der Waals surface area contributed by atoms with Gasteiger partial charge in [-0.3, -0.25) is 9.69 Å². The number of carbonyl (C=O) groups excluding carboxylic acids is 1. The van der Waals surface area contributed by atoms with Gasteiger partial charge in [-0.25, -0.2) is 13.2 Å². The molecular weight excluding hydrogens is 696 g/mol. The van der Waals surface area contributed by atoms with Crippen LogP contribution in [0.4, 0.5) is 37.2 Å². The lowest BCUT2D eigenvalue weighted by atomic mass is 9.92. The summed E-state index contributed by atoms with van der Waals surface area (Å²) in [7, 11) is 0. The number of amides is 1. The zero-order chi connectivity index (χ0) is 36.6. The average Bonchev–Trinajstić information content (AvgIpc) is 3.73. The first-order valence-corrected chi connectivity index (χ1v) is 17.2. The molecule has 7 rings (SSSR count). The predicted octanol–water partition coefficient (Wildman–Crippen LogP) is 6.83. The van der Waals surface area contributed by atoms with Crippen molar-refractivity contribution in [3.63, 3.8) is 0 Å². The summed E-state index contributed by atoms with van der Waals surface area (Å²) in [6.45, 7) is 8.27. The number of rotatable bonds is 6. The highest BCUT2D eigenvalue weighted by Crippen LogP contribution is 2.48. The van der Waals surface area contributed by atoms with Crippen LogP contribution < -0.4 is 15.4 Å². The van der Waals surface area contributed by atoms with Gasteiger partial charge in [0.2, 0.25) is 5.91 Å². The van der Waals surface area contributed by atoms with Crippen molar-refractivity contribution in [3.8, 4) is 23.2 Å². The Morgan fingerprint density at radius 1 is 1.22 bits per heavy atom. The van der Waals surface area contributed by atoms with E-state index in [0.29, 0.717) is 24.3 Å². The van der Waals surface area contributed by atoms with Crippen molar-refractivity contribution in [2.45, 2.75) is 63.1 Å². The number of piperazine rings is 1. The molecule has 4 aromatic rings. The van der Waals surface area contributed by atoms with Gasteiger partial charge in [0, 0.05) is 54.5 Å². The van der Waals surface area contributed by atoms with Crippen molar-refractivity contribution in [2.75, 3.05) is 43.4 Å². The summed E-state index contributed by atoms with van der Waals surface area (Å²) in [6.07, 6.45) is -3.31. The number of hydrogen-bond donors (Lipinski definition) is 1. The molecule has 3 saturated heterocycles. The minimum atomic E-state index is -5.13. The zero-order valence-corrected chi connectivity index (χ0v) is 28.5. The first kappa shape index (κ1) is 34.8. The highest BCUT2D eigenvalue weighted by Gasteiger charge is 2.49. The highest BCUT2D eigenvalue weighted by atomic mass is 32.1. The molecule has 4 unspecified atom stereocenters. The monoisotopic (exact) mass is 729 g/mol. The van der Waals surface area contributed by atoms with E-state index in [0.717, 1.165) is 24.6 Å². The highest BCUT2D eigenvalue weighted by molar-refractivity contribution is 7.23. The predicted molar refractivity (Wildman–Crippen MR) is 181 cm³/mol. The summed E-state index contributed by atoms with van der Waals surface area (Å²) in [6, 6.07) is 3.21. The SMILES string of the molecule is C=CC(=O)N1CC(C)N(c2nc(OCC34CCCN3CC(F)C4)nc3c(F)c(-c4ccc(F)c5sc(N)c(C#N)c45)c(C(F)(F)F)cc23)CC1C. The van der Waals surface area contributed by atoms with Gasteiger partial charge in [-0.15, -0.1) is 11.3 Å². The Kier molecular flexibility index (Phi) is 8.57. The fourth-order valence-corrected chi connectivity index (χ4v) is 8.91. The normalized spacial score (nSPS) is 23.9. The van der Waals surface area contributed by atoms with Gasteiger partial charge in [0.25, 0.3) is 0 Å². The molecule has 3 fully saturated rings. The van der Waals surface area contributed by atoms with E-state index in [-0.39, 0.29) is 82.0 Å². The molecule has 0 saturated carbocycles. The number of benzene rings is 2. The quantitative estimate of drug-likeness (QED) is 0.170. The lowest BCUT2D eigenvalue weighted by Gasteiger charge is -2.44. The molecule has 268 valence electrons. The number of alkyl halides is 4. The maximum absolute atomic E-state index is 17.1. The van der Waals surface area contributed by atoms with Crippen LogP contribution in [0.15, 0.2) is 30.9 Å². The summed E-state index contributed by atoms with van der Waals surface area (Å²) in [5, 5.41) is 9.19. The van der Waals surface area contributed by atoms with Crippen LogP contribution in [0.2, 0.25) is 0 Å². The van der Waals surface area contributed by atoms with Crippen LogP contribution in [0.25, 0.3) is 32.1 Å². The molecule has 2 N–H and O–H groups in total. The number of nitriles is 1. The second kappa shape index (κ2) is 12.6. The minimum absolute atomic E-state index is 0.0284. The van der Waals surface area contributed by atoms with E-state index in [1.165, 1.54) is 6.08 Å². The van der Waals surface area contributed by atoms with Gasteiger partial charge in [0.05, 0.1) is 21.4 Å². The van der Waals surface area contributed by atoms with Gasteiger partial charge in [0.15, 0.2) is 5.82 Å². The Balaban J connectivity index is 1.46. The Hall–Kier alpha value is -4.62. The minimum Gasteiger partial charge on any atom is -0.461 e. The van der Waals surface area contributed by atoms with Crippen LogP contribution in [-0.2, 0) is 11.0 Å². The first-order chi connectivity index (χ1) is 24.2. The van der Waals surface area contributed by atoms with Crippen molar-refractivity contribution in [1.29, 1.82) is 5.26 Å². The van der Waals surface area contributed by atoms with Crippen molar-refractivity contribution in [3.05, 3.63) is 53.6 Å². The molecule has 2 aromatic heterocycles. The van der Waals surface area contributed by atoms with Crippen LogP contribution in [0, 0.1) is 23.0 Å². The zero-order valence-electron chi connectivity index (χ0n) is 27.7. The molecule has 0 aliphatic carbocycles. The Bertz CT molecular complexity index is 2130. The molecule has 5 heterocycles. The van der Waals surface area contributed by atoms with Crippen LogP contribution >= 0.6 is 11.3 Å². The maximum atomic E-state index is 17.1. The summed E-state index contributed by atoms with van der Waals surface area (Å²) in [4.78, 5) is 26.7. The number of nitrogens with two attached hydrogens (primary N) is 1. The lowest BCUT2D eigenvalue weighted by Crippen LogP contribution is -2.58. The molecular formula is C35H33F6N7O2S. The molecule has 9 nitrogen and oxygen atoms in total. The molecule has 2 aromatic carbocycles. The second-order valence-corrected chi connectivity index (χ2v) is 14.6. The van der Waals surface area contributed by atoms with Crippen LogP contribution in [0.1, 0.15) is 44.2 Å². The third-order valence-corrected chi connectivity index (χ3v) is 11.4. The van der Waals surface area contributed by atoms with Gasteiger partial charge in [-0.1, -0.05) is 12.6 Å². The third kappa shape index (κ3) is 5.70. The molecule has 3 aliphatic heterocycles. The average molecular weight is 730 g/mol. The van der Waals surface area contributed by atoms with E-state index in [2.05, 4.69) is 16.5 Å². The van der Waals surface area contributed by atoms with E-state index in [4.69, 9.17) is 10.5 Å². The number of hydrogen-bond acceptors (Lipinski definition) is 9. The topological polar surface area (TPSA) is 112 Å². The number of aromatic nitrogens is 2. The van der Waals surface area contributed by atoms with Crippen LogP contribution in [-0.4, -0.2) is 82.3 Å². The number of thiophene rings is 1. The van der Waals surface area contributed by atoms with Gasteiger partial charge < -0.3 is 20.3 Å². The largest absolute Gasteiger partial charge is 0.461 e. The molecule has 51 heavy (non-hydrogen) atoms. The van der Waals surface area contributed by atoms with Crippen LogP contribution in [0.5, 0.6) is 6.01 Å². The standard InChI is InChI=1S/C35H33F6N7O2S/c1-4-25(49)47-13-18(3)48(14-17(47)2)32-21-10-23(35(39,40)41)27(20-6-7-24(37)30-26(20)22(12-42)31(43)51-30)28(38)29(21)44-33(45-32)50-16-34-8-5-9-46(34)15-19(36)11-34/h4,6-7,10,17-19H,1,5,8-9,11,13-16,43H2,2-3H3. The van der Waals surface area contributed by atoms with E-state index in [1.54, 1.807) is 23.6 Å². The lowest BCUT2D eigenvalue weighted by molar-refractivity contribution is -0.137. The molecule has 0 bridgehead atoms. The van der Waals surface area contributed by atoms with Crippen molar-refractivity contribution in [1.82, 2.24) is 19.8 Å². The van der Waals surface area contributed by atoms with Gasteiger partial charge in [0.1, 0.15) is 41.0 Å². The van der Waals surface area contributed by atoms with Gasteiger partial charge in [-0.05, 0) is 57.0 Å². The smallest absolute Gasteiger partial charge is 0.417 e. The molecule has 0 spiro atoms. The Morgan fingerprint density at radius 3 is 2.69 bits per heavy atom. The molecule has 16 heteroatoms. The van der Waals surface area contributed by atoms with Gasteiger partial charge >= 0.3 is 12.2 Å². The van der Waals surface area contributed by atoms with Crippen molar-refractivity contribution >= 4 is 49.1 Å². The Labute approximate surface area is 292 Å². The van der Waals surface area contributed by atoms with E-state index in [1.807, 2.05) is 11.0 Å². The second-order valence-electron chi connectivity index (χ2n) is 13.5. The number of nitrogen functional groups attached to an aromatic ring is 1. The first-order valence-electron chi connectivity index (χ1n) is 16.4. The fraction of sp³-hybridized carbons (Fsp3) is 0.429. The van der Waals surface area contributed by atoms with Crippen molar-refractivity contribution < 1.29 is 35.9 Å². The summed E-state index contributed by atoms with van der Waals surface area (Å²) in [5.74, 6) is -2.59. The molecule has 1 amide bonds. The molecule has 3 aliphatic rings. The number of halogens is 6. The summed E-state index contributed by atoms with van der Waals surface area (Å²) in [5.41, 5.74) is 1.83. The Morgan fingerprint density at radius 2 is 1.98 bits per heavy atom. The molecule has 4 atom stereocenters. The number of carbonyl (C=O) groups is 1. The fourth-order valence-electron chi connectivity index (χ4n) is 7.96. The summed E-state index contributed by atoms with van der Waals surface area (Å²) < 4.78 is 97.7. The number of fused-ring (bicyclic) bond motifs is 3. The third-order valence-electron chi connectivity index (χ3n) is 10.3. The van der Waals surface area contributed by atoms with E-state index < -0.39 is 58.2 Å². The van der Waals surface area contributed by atoms with E-state index in [9.17, 15) is 18.8 Å². The number of anilines is 2. The molecule has 0 radical (unpaired) electrons. The number of nitrogens with zero attached hydrogens (tertiary/aromatic N) is 6. The summed E-state index contributed by atoms with van der Waals surface area (Å²) >= 11 is 0.675. The van der Waals surface area contributed by atoms with Gasteiger partial charge in [-0.2, -0.15) is 28.4 Å². The van der Waals surface area contributed by atoms with Crippen molar-refractivity contribution in [2.24, 2.45) is 0 Å². The number of ether oxygens (including phenoxy) is 1. The van der Waals surface area contributed by atoms with Crippen LogP contribution in [0.3, 0.4) is 0 Å². The maximum Gasteiger partial charge on any atom is 0.417 e. The van der Waals surface area contributed by atoms with E-state index >= 15 is 17.6 Å².